The van der Waals surface area contributed by atoms with Gasteiger partial charge in [0.1, 0.15) is 5.60 Å². The van der Waals surface area contributed by atoms with Gasteiger partial charge in [-0.3, -0.25) is 5.32 Å². The summed E-state index contributed by atoms with van der Waals surface area (Å²) in [6.07, 6.45) is -0.615. The molecule has 1 heterocycles. The maximum Gasteiger partial charge on any atom is 0.412 e. The molecule has 0 saturated carbocycles. The van der Waals surface area contributed by atoms with Crippen LogP contribution >= 0.6 is 11.6 Å². The molecule has 1 aliphatic rings. The number of hydrogen-bond donors (Lipinski definition) is 2. The lowest BCUT2D eigenvalue weighted by molar-refractivity contribution is 0.0280. The number of benzene rings is 1. The Bertz CT molecular complexity index is 508. The molecule has 1 aromatic rings. The Balaban J connectivity index is 2.17. The van der Waals surface area contributed by atoms with E-state index in [1.165, 1.54) is 0 Å². The summed E-state index contributed by atoms with van der Waals surface area (Å²) in [4.78, 5) is 11.9. The zero-order valence-electron chi connectivity index (χ0n) is 12.5. The molecule has 21 heavy (non-hydrogen) atoms. The van der Waals surface area contributed by atoms with Crippen molar-refractivity contribution in [3.63, 3.8) is 0 Å². The summed E-state index contributed by atoms with van der Waals surface area (Å²) >= 11 is 6.02. The topological polar surface area (TPSA) is 59.6 Å². The van der Waals surface area contributed by atoms with Gasteiger partial charge in [-0.1, -0.05) is 17.7 Å². The highest BCUT2D eigenvalue weighted by atomic mass is 35.5. The van der Waals surface area contributed by atoms with Gasteiger partial charge in [0.05, 0.1) is 18.4 Å². The van der Waals surface area contributed by atoms with Gasteiger partial charge >= 0.3 is 6.09 Å². The third-order valence-electron chi connectivity index (χ3n) is 2.93. The molecule has 5 nitrogen and oxygen atoms in total. The lowest BCUT2D eigenvalue weighted by Gasteiger charge is -2.26. The minimum absolute atomic E-state index is 0.110. The molecule has 1 fully saturated rings. The fourth-order valence-electron chi connectivity index (χ4n) is 2.10. The third kappa shape index (κ3) is 4.88. The van der Waals surface area contributed by atoms with E-state index in [0.29, 0.717) is 23.9 Å². The summed E-state index contributed by atoms with van der Waals surface area (Å²) in [6.45, 7) is 7.63. The first-order valence-electron chi connectivity index (χ1n) is 6.97. The molecule has 0 spiro atoms. The van der Waals surface area contributed by atoms with Crippen molar-refractivity contribution in [1.29, 1.82) is 0 Å². The number of hydrogen-bond acceptors (Lipinski definition) is 4. The second kappa shape index (κ2) is 6.64. The summed E-state index contributed by atoms with van der Waals surface area (Å²) in [5.41, 5.74) is 0.953. The first-order valence-corrected chi connectivity index (χ1v) is 7.35. The number of rotatable bonds is 2. The maximum atomic E-state index is 11.9. The van der Waals surface area contributed by atoms with Gasteiger partial charge in [-0.25, -0.2) is 4.79 Å². The second-order valence-electron chi connectivity index (χ2n) is 5.92. The third-order valence-corrected chi connectivity index (χ3v) is 3.16. The highest BCUT2D eigenvalue weighted by Gasteiger charge is 2.22. The van der Waals surface area contributed by atoms with Crippen molar-refractivity contribution in [3.05, 3.63) is 28.8 Å². The molecule has 6 heteroatoms. The van der Waals surface area contributed by atoms with Gasteiger partial charge in [-0.05, 0) is 32.9 Å². The number of halogens is 1. The molecule has 1 amide bonds. The summed E-state index contributed by atoms with van der Waals surface area (Å²) in [5.74, 6) is 0. The zero-order chi connectivity index (χ0) is 15.5. The monoisotopic (exact) mass is 312 g/mol. The van der Waals surface area contributed by atoms with E-state index in [2.05, 4.69) is 10.6 Å². The lowest BCUT2D eigenvalue weighted by Crippen LogP contribution is -2.34. The molecule has 0 bridgehead atoms. The minimum Gasteiger partial charge on any atom is -0.444 e. The first-order chi connectivity index (χ1) is 9.85. The number of carbonyl (C=O) groups is 1. The number of carbonyl (C=O) groups excluding carboxylic acids is 1. The van der Waals surface area contributed by atoms with Crippen molar-refractivity contribution in [3.8, 4) is 0 Å². The van der Waals surface area contributed by atoms with Crippen LogP contribution in [0.4, 0.5) is 10.5 Å². The molecule has 116 valence electrons. The fourth-order valence-corrected chi connectivity index (χ4v) is 2.27. The van der Waals surface area contributed by atoms with Crippen LogP contribution in [0, 0.1) is 0 Å². The van der Waals surface area contributed by atoms with Crippen molar-refractivity contribution in [2.24, 2.45) is 0 Å². The molecule has 1 aliphatic heterocycles. The molecule has 1 unspecified atom stereocenters. The summed E-state index contributed by atoms with van der Waals surface area (Å²) in [6, 6.07) is 5.36. The normalized spacial score (nSPS) is 19.1. The van der Waals surface area contributed by atoms with Crippen LogP contribution in [0.5, 0.6) is 0 Å². The first kappa shape index (κ1) is 16.1. The smallest absolute Gasteiger partial charge is 0.412 e. The SMILES string of the molecule is CC(C)(C)OC(=O)Nc1cc(Cl)ccc1C1CNCCO1. The Morgan fingerprint density at radius 1 is 1.48 bits per heavy atom. The molecular formula is C15H21ClN2O3. The molecule has 2 rings (SSSR count). The average Bonchev–Trinajstić information content (AvgIpc) is 2.37. The molecule has 0 aromatic heterocycles. The number of morpholine rings is 1. The van der Waals surface area contributed by atoms with Crippen molar-refractivity contribution in [2.45, 2.75) is 32.5 Å². The van der Waals surface area contributed by atoms with E-state index in [9.17, 15) is 4.79 Å². The molecule has 0 radical (unpaired) electrons. The van der Waals surface area contributed by atoms with Gasteiger partial charge in [-0.15, -0.1) is 0 Å². The minimum atomic E-state index is -0.550. The standard InChI is InChI=1S/C15H21ClN2O3/c1-15(2,3)21-14(19)18-12-8-10(16)4-5-11(12)13-9-17-6-7-20-13/h4-5,8,13,17H,6-7,9H2,1-3H3,(H,18,19). The van der Waals surface area contributed by atoms with Crippen molar-refractivity contribution in [1.82, 2.24) is 5.32 Å². The van der Waals surface area contributed by atoms with Crippen LogP contribution < -0.4 is 10.6 Å². The largest absolute Gasteiger partial charge is 0.444 e. The fraction of sp³-hybridized carbons (Fsp3) is 0.533. The lowest BCUT2D eigenvalue weighted by atomic mass is 10.1. The van der Waals surface area contributed by atoms with E-state index >= 15 is 0 Å². The Kier molecular flexibility index (Phi) is 5.08. The van der Waals surface area contributed by atoms with Crippen LogP contribution in [0.2, 0.25) is 5.02 Å². The van der Waals surface area contributed by atoms with Gasteiger partial charge in [0.2, 0.25) is 0 Å². The van der Waals surface area contributed by atoms with Crippen molar-refractivity contribution in [2.75, 3.05) is 25.0 Å². The molecular weight excluding hydrogens is 292 g/mol. The van der Waals surface area contributed by atoms with Gasteiger partial charge in [-0.2, -0.15) is 0 Å². The van der Waals surface area contributed by atoms with Crippen LogP contribution in [-0.2, 0) is 9.47 Å². The van der Waals surface area contributed by atoms with E-state index < -0.39 is 11.7 Å². The van der Waals surface area contributed by atoms with E-state index in [-0.39, 0.29) is 6.10 Å². The van der Waals surface area contributed by atoms with Gasteiger partial charge in [0, 0.05) is 23.7 Å². The number of nitrogens with one attached hydrogen (secondary N) is 2. The highest BCUT2D eigenvalue weighted by molar-refractivity contribution is 6.31. The average molecular weight is 313 g/mol. The van der Waals surface area contributed by atoms with Gasteiger partial charge in [0.25, 0.3) is 0 Å². The predicted molar refractivity (Wildman–Crippen MR) is 82.9 cm³/mol. The summed E-state index contributed by atoms with van der Waals surface area (Å²) < 4.78 is 11.0. The Morgan fingerprint density at radius 2 is 2.24 bits per heavy atom. The molecule has 1 atom stereocenters. The van der Waals surface area contributed by atoms with Crippen molar-refractivity contribution >= 4 is 23.4 Å². The Labute approximate surface area is 130 Å². The number of ether oxygens (including phenoxy) is 2. The zero-order valence-corrected chi connectivity index (χ0v) is 13.3. The van der Waals surface area contributed by atoms with E-state index in [1.54, 1.807) is 12.1 Å². The molecule has 1 aromatic carbocycles. The maximum absolute atomic E-state index is 11.9. The quantitative estimate of drug-likeness (QED) is 0.879. The van der Waals surface area contributed by atoms with Crippen LogP contribution in [0.3, 0.4) is 0 Å². The van der Waals surface area contributed by atoms with E-state index in [0.717, 1.165) is 12.1 Å². The molecule has 0 aliphatic carbocycles. The number of amides is 1. The van der Waals surface area contributed by atoms with Crippen LogP contribution in [0.15, 0.2) is 18.2 Å². The molecule has 2 N–H and O–H groups in total. The van der Waals surface area contributed by atoms with Crippen LogP contribution in [0.1, 0.15) is 32.4 Å². The van der Waals surface area contributed by atoms with Crippen LogP contribution in [-0.4, -0.2) is 31.4 Å². The second-order valence-corrected chi connectivity index (χ2v) is 6.36. The van der Waals surface area contributed by atoms with E-state index in [4.69, 9.17) is 21.1 Å². The van der Waals surface area contributed by atoms with Gasteiger partial charge in [0.15, 0.2) is 0 Å². The summed E-state index contributed by atoms with van der Waals surface area (Å²) in [7, 11) is 0. The summed E-state index contributed by atoms with van der Waals surface area (Å²) in [5, 5.41) is 6.57. The molecule has 1 saturated heterocycles. The predicted octanol–water partition coefficient (Wildman–Crippen LogP) is 3.35. The van der Waals surface area contributed by atoms with Gasteiger partial charge < -0.3 is 14.8 Å². The Morgan fingerprint density at radius 3 is 2.86 bits per heavy atom. The Hall–Kier alpha value is -1.30. The van der Waals surface area contributed by atoms with Crippen LogP contribution in [0.25, 0.3) is 0 Å². The number of anilines is 1. The highest BCUT2D eigenvalue weighted by Crippen LogP contribution is 2.29. The van der Waals surface area contributed by atoms with Crippen molar-refractivity contribution < 1.29 is 14.3 Å². The van der Waals surface area contributed by atoms with E-state index in [1.807, 2.05) is 26.8 Å².